The summed E-state index contributed by atoms with van der Waals surface area (Å²) in [7, 11) is 0. The van der Waals surface area contributed by atoms with E-state index in [-0.39, 0.29) is 24.7 Å². The molecular weight excluding hydrogens is 464 g/mol. The average Bonchev–Trinajstić information content (AvgIpc) is 3.47. The lowest BCUT2D eigenvalue weighted by molar-refractivity contribution is 0.0525. The van der Waals surface area contributed by atoms with E-state index in [0.717, 1.165) is 12.8 Å². The van der Waals surface area contributed by atoms with Crippen molar-refractivity contribution in [3.8, 4) is 5.75 Å². The van der Waals surface area contributed by atoms with Gasteiger partial charge in [0.25, 0.3) is 0 Å². The van der Waals surface area contributed by atoms with Crippen molar-refractivity contribution in [2.45, 2.75) is 51.4 Å². The van der Waals surface area contributed by atoms with E-state index < -0.39 is 5.97 Å². The van der Waals surface area contributed by atoms with Crippen LogP contribution in [0.2, 0.25) is 5.02 Å². The third kappa shape index (κ3) is 5.09. The molecule has 1 saturated carbocycles. The van der Waals surface area contributed by atoms with Gasteiger partial charge in [0.2, 0.25) is 0 Å². The Kier molecular flexibility index (Phi) is 7.09. The molecular formula is C23H25ClN4O4S. The highest BCUT2D eigenvalue weighted by molar-refractivity contribution is 7.99. The van der Waals surface area contributed by atoms with Crippen LogP contribution in [0.5, 0.6) is 5.75 Å². The van der Waals surface area contributed by atoms with Crippen molar-refractivity contribution >= 4 is 35.1 Å². The summed E-state index contributed by atoms with van der Waals surface area (Å²) in [5.41, 5.74) is 2.07. The number of nitrogens with one attached hydrogen (secondary N) is 1. The third-order valence-corrected chi connectivity index (χ3v) is 6.62. The largest absolute Gasteiger partial charge is 0.484 e. The number of carbonyl (C=O) groups is 2. The summed E-state index contributed by atoms with van der Waals surface area (Å²) in [5.74, 6) is 0.912. The second kappa shape index (κ2) is 10.0. The molecule has 0 unspecified atom stereocenters. The number of hydrogen-bond donors (Lipinski definition) is 1. The molecule has 174 valence electrons. The number of para-hydroxylation sites is 1. The van der Waals surface area contributed by atoms with E-state index in [1.807, 2.05) is 16.7 Å². The molecule has 1 N–H and O–H groups in total. The lowest BCUT2D eigenvalue weighted by atomic mass is 10.1. The molecule has 0 radical (unpaired) electrons. The highest BCUT2D eigenvalue weighted by Crippen LogP contribution is 2.39. The number of ketones is 1. The van der Waals surface area contributed by atoms with Crippen molar-refractivity contribution in [1.29, 1.82) is 0 Å². The normalized spacial score (nSPS) is 13.2. The van der Waals surface area contributed by atoms with Crippen LogP contribution in [-0.2, 0) is 11.3 Å². The maximum Gasteiger partial charge on any atom is 0.340 e. The molecule has 0 bridgehead atoms. The highest BCUT2D eigenvalue weighted by atomic mass is 35.5. The van der Waals surface area contributed by atoms with Crippen LogP contribution in [0.15, 0.2) is 29.4 Å². The number of benzene rings is 1. The summed E-state index contributed by atoms with van der Waals surface area (Å²) in [5, 5.41) is 9.81. The molecule has 2 aromatic heterocycles. The van der Waals surface area contributed by atoms with Gasteiger partial charge in [-0.15, -0.1) is 10.2 Å². The Morgan fingerprint density at radius 2 is 2.00 bits per heavy atom. The number of aromatic nitrogens is 4. The summed E-state index contributed by atoms with van der Waals surface area (Å²) in [4.78, 5) is 28.2. The molecule has 0 spiro atoms. The quantitative estimate of drug-likeness (QED) is 0.245. The van der Waals surface area contributed by atoms with Gasteiger partial charge >= 0.3 is 5.97 Å². The third-order valence-electron chi connectivity index (χ3n) is 5.37. The number of Topliss-reactive ketones (excluding diaryl/α,β-unsaturated/α-hetero) is 1. The van der Waals surface area contributed by atoms with Gasteiger partial charge in [-0.3, -0.25) is 9.36 Å². The number of carbonyl (C=O) groups excluding carboxylic acids is 2. The van der Waals surface area contributed by atoms with Crippen molar-refractivity contribution in [3.63, 3.8) is 0 Å². The van der Waals surface area contributed by atoms with Gasteiger partial charge < -0.3 is 14.5 Å². The molecule has 4 rings (SSSR count). The number of ether oxygens (including phenoxy) is 2. The topological polar surface area (TPSA) is 99.1 Å². The molecule has 0 atom stereocenters. The molecule has 0 amide bonds. The van der Waals surface area contributed by atoms with Crippen LogP contribution in [0.25, 0.3) is 0 Å². The maximum atomic E-state index is 12.9. The van der Waals surface area contributed by atoms with E-state index in [0.29, 0.717) is 50.3 Å². The molecule has 1 aromatic carbocycles. The molecule has 33 heavy (non-hydrogen) atoms. The van der Waals surface area contributed by atoms with E-state index in [4.69, 9.17) is 21.1 Å². The fourth-order valence-corrected chi connectivity index (χ4v) is 4.74. The summed E-state index contributed by atoms with van der Waals surface area (Å²) in [6, 6.07) is 7.59. The average molecular weight is 489 g/mol. The number of aryl methyl sites for hydroxylation is 1. The van der Waals surface area contributed by atoms with Crippen molar-refractivity contribution in [2.24, 2.45) is 0 Å². The van der Waals surface area contributed by atoms with E-state index in [9.17, 15) is 9.59 Å². The van der Waals surface area contributed by atoms with Crippen LogP contribution in [0.3, 0.4) is 0 Å². The number of H-pyrrole nitrogens is 1. The number of nitrogens with zero attached hydrogens (tertiary/aromatic N) is 3. The van der Waals surface area contributed by atoms with Crippen molar-refractivity contribution in [2.75, 3.05) is 12.4 Å². The molecule has 0 saturated heterocycles. The Morgan fingerprint density at radius 3 is 2.70 bits per heavy atom. The number of aromatic amines is 1. The zero-order chi connectivity index (χ0) is 23.5. The summed E-state index contributed by atoms with van der Waals surface area (Å²) in [6.07, 6.45) is 2.08. The van der Waals surface area contributed by atoms with Crippen LogP contribution in [-0.4, -0.2) is 43.9 Å². The molecule has 1 aliphatic rings. The minimum atomic E-state index is -0.424. The number of hydrogen-bond acceptors (Lipinski definition) is 7. The minimum Gasteiger partial charge on any atom is -0.484 e. The van der Waals surface area contributed by atoms with E-state index >= 15 is 0 Å². The van der Waals surface area contributed by atoms with Gasteiger partial charge in [-0.2, -0.15) is 0 Å². The van der Waals surface area contributed by atoms with Crippen molar-refractivity contribution in [1.82, 2.24) is 19.7 Å². The Balaban J connectivity index is 1.46. The van der Waals surface area contributed by atoms with Crippen molar-refractivity contribution < 1.29 is 19.1 Å². The van der Waals surface area contributed by atoms with Crippen molar-refractivity contribution in [3.05, 3.63) is 57.6 Å². The van der Waals surface area contributed by atoms with Gasteiger partial charge in [0.15, 0.2) is 16.8 Å². The van der Waals surface area contributed by atoms with Crippen LogP contribution in [0.1, 0.15) is 63.7 Å². The first kappa shape index (κ1) is 23.4. The summed E-state index contributed by atoms with van der Waals surface area (Å²) in [6.45, 7) is 5.78. The number of rotatable bonds is 10. The molecule has 3 aromatic rings. The highest BCUT2D eigenvalue weighted by Gasteiger charge is 2.30. The van der Waals surface area contributed by atoms with Crippen LogP contribution in [0, 0.1) is 13.8 Å². The second-order valence-corrected chi connectivity index (χ2v) is 9.13. The molecule has 0 aliphatic heterocycles. The first-order chi connectivity index (χ1) is 15.9. The minimum absolute atomic E-state index is 0.115. The van der Waals surface area contributed by atoms with Gasteiger partial charge in [-0.1, -0.05) is 35.5 Å². The predicted octanol–water partition coefficient (Wildman–Crippen LogP) is 4.94. The zero-order valence-electron chi connectivity index (χ0n) is 18.7. The standard InChI is InChI=1S/C23H25ClN4O4S/c1-4-31-22(30)20-13(2)21(25-14(20)3)17(29)12-33-23-27-26-19(28(23)15-9-10-15)11-32-18-8-6-5-7-16(18)24/h5-8,15,25H,4,9-12H2,1-3H3. The molecule has 1 aliphatic carbocycles. The second-order valence-electron chi connectivity index (χ2n) is 7.78. The van der Waals surface area contributed by atoms with Gasteiger partial charge in [-0.05, 0) is 51.3 Å². The lowest BCUT2D eigenvalue weighted by Gasteiger charge is -2.10. The van der Waals surface area contributed by atoms with Gasteiger partial charge in [0.05, 0.1) is 28.6 Å². The monoisotopic (exact) mass is 488 g/mol. The number of esters is 1. The summed E-state index contributed by atoms with van der Waals surface area (Å²) >= 11 is 7.50. The zero-order valence-corrected chi connectivity index (χ0v) is 20.3. The Bertz CT molecular complexity index is 1190. The number of halogens is 1. The fourth-order valence-electron chi connectivity index (χ4n) is 3.65. The van der Waals surface area contributed by atoms with Crippen LogP contribution < -0.4 is 4.74 Å². The number of thioether (sulfide) groups is 1. The van der Waals surface area contributed by atoms with Gasteiger partial charge in [-0.25, -0.2) is 4.79 Å². The first-order valence-corrected chi connectivity index (χ1v) is 12.1. The lowest BCUT2D eigenvalue weighted by Crippen LogP contribution is -2.10. The fraction of sp³-hybridized carbons (Fsp3) is 0.391. The smallest absolute Gasteiger partial charge is 0.340 e. The van der Waals surface area contributed by atoms with E-state index in [1.165, 1.54) is 11.8 Å². The van der Waals surface area contributed by atoms with Crippen LogP contribution >= 0.6 is 23.4 Å². The Labute approximate surface area is 201 Å². The molecule has 2 heterocycles. The van der Waals surface area contributed by atoms with E-state index in [2.05, 4.69) is 15.2 Å². The predicted molar refractivity (Wildman–Crippen MR) is 125 cm³/mol. The SMILES string of the molecule is CCOC(=O)c1c(C)[nH]c(C(=O)CSc2nnc(COc3ccccc3Cl)n2C2CC2)c1C. The van der Waals surface area contributed by atoms with E-state index in [1.54, 1.807) is 32.9 Å². The molecule has 8 nitrogen and oxygen atoms in total. The summed E-state index contributed by atoms with van der Waals surface area (Å²) < 4.78 is 13.0. The molecule has 1 fully saturated rings. The first-order valence-electron chi connectivity index (χ1n) is 10.7. The Hall–Kier alpha value is -2.78. The van der Waals surface area contributed by atoms with Gasteiger partial charge in [0, 0.05) is 11.7 Å². The Morgan fingerprint density at radius 1 is 1.24 bits per heavy atom. The molecule has 10 heteroatoms. The van der Waals surface area contributed by atoms with Gasteiger partial charge in [0.1, 0.15) is 12.4 Å². The maximum absolute atomic E-state index is 12.9. The van der Waals surface area contributed by atoms with Crippen LogP contribution in [0.4, 0.5) is 0 Å².